The molecule has 0 aliphatic rings. The van der Waals surface area contributed by atoms with Crippen molar-refractivity contribution in [1.29, 1.82) is 0 Å². The average Bonchev–Trinajstić information content (AvgIpc) is 2.62. The first kappa shape index (κ1) is 11.7. The molecule has 0 radical (unpaired) electrons. The summed E-state index contributed by atoms with van der Waals surface area (Å²) in [6, 6.07) is 2.05. The fraction of sp³-hybridized carbons (Fsp3) is 0.600. The molecule has 0 aliphatic carbocycles. The van der Waals surface area contributed by atoms with Crippen LogP contribution in [0.3, 0.4) is 0 Å². The number of aliphatic carboxylic acids is 1. The number of hydrogen-bond donors (Lipinski definition) is 2. The lowest BCUT2D eigenvalue weighted by molar-refractivity contribution is -0.137. The van der Waals surface area contributed by atoms with Crippen molar-refractivity contribution in [2.75, 3.05) is 6.54 Å². The van der Waals surface area contributed by atoms with Gasteiger partial charge in [-0.15, -0.1) is 0 Å². The summed E-state index contributed by atoms with van der Waals surface area (Å²) < 4.78 is 1.82. The average molecular weight is 211 g/mol. The Balaban J connectivity index is 2.91. The van der Waals surface area contributed by atoms with Gasteiger partial charge >= 0.3 is 5.97 Å². The predicted octanol–water partition coefficient (Wildman–Crippen LogP) is 0.981. The van der Waals surface area contributed by atoms with E-state index in [-0.39, 0.29) is 18.4 Å². The second-order valence-corrected chi connectivity index (χ2v) is 3.82. The van der Waals surface area contributed by atoms with E-state index >= 15 is 0 Å². The third kappa shape index (κ3) is 2.79. The van der Waals surface area contributed by atoms with Crippen molar-refractivity contribution >= 4 is 5.97 Å². The van der Waals surface area contributed by atoms with Gasteiger partial charge in [-0.3, -0.25) is 9.48 Å². The van der Waals surface area contributed by atoms with E-state index in [4.69, 9.17) is 10.8 Å². The van der Waals surface area contributed by atoms with Crippen molar-refractivity contribution in [3.05, 3.63) is 18.0 Å². The number of nitrogens with two attached hydrogens (primary N) is 1. The fourth-order valence-electron chi connectivity index (χ4n) is 1.60. The minimum atomic E-state index is -0.832. The van der Waals surface area contributed by atoms with Crippen molar-refractivity contribution in [2.24, 2.45) is 5.73 Å². The molecule has 1 unspecified atom stereocenters. The first-order chi connectivity index (χ1) is 7.06. The number of hydrogen-bond acceptors (Lipinski definition) is 3. The molecule has 84 valence electrons. The topological polar surface area (TPSA) is 81.1 Å². The normalized spacial score (nSPS) is 13.1. The molecule has 0 aromatic carbocycles. The molecule has 1 heterocycles. The molecule has 1 aromatic rings. The molecule has 0 amide bonds. The molecular formula is C10H17N3O2. The van der Waals surface area contributed by atoms with Crippen LogP contribution in [-0.4, -0.2) is 27.4 Å². The SMILES string of the molecule is CC(C)n1nccc1C(CN)CC(=O)O. The smallest absolute Gasteiger partial charge is 0.304 e. The molecule has 3 N–H and O–H groups in total. The maximum atomic E-state index is 10.7. The fourth-order valence-corrected chi connectivity index (χ4v) is 1.60. The highest BCUT2D eigenvalue weighted by Crippen LogP contribution is 2.20. The first-order valence-corrected chi connectivity index (χ1v) is 5.01. The van der Waals surface area contributed by atoms with Crippen molar-refractivity contribution < 1.29 is 9.90 Å². The van der Waals surface area contributed by atoms with Gasteiger partial charge < -0.3 is 10.8 Å². The van der Waals surface area contributed by atoms with Crippen molar-refractivity contribution in [3.8, 4) is 0 Å². The molecule has 0 bridgehead atoms. The standard InChI is InChI=1S/C10H17N3O2/c1-7(2)13-9(3-4-12-13)8(6-11)5-10(14)15/h3-4,7-8H,5-6,11H2,1-2H3,(H,14,15). The van der Waals surface area contributed by atoms with Gasteiger partial charge in [0.15, 0.2) is 0 Å². The number of carboxylic acid groups (broad SMARTS) is 1. The largest absolute Gasteiger partial charge is 0.481 e. The Labute approximate surface area is 88.9 Å². The van der Waals surface area contributed by atoms with Crippen molar-refractivity contribution in [1.82, 2.24) is 9.78 Å². The summed E-state index contributed by atoms with van der Waals surface area (Å²) in [4.78, 5) is 10.7. The first-order valence-electron chi connectivity index (χ1n) is 5.01. The summed E-state index contributed by atoms with van der Waals surface area (Å²) in [5.74, 6) is -0.991. The summed E-state index contributed by atoms with van der Waals surface area (Å²) in [6.45, 7) is 4.33. The molecule has 1 atom stereocenters. The van der Waals surface area contributed by atoms with Gasteiger partial charge in [-0.2, -0.15) is 5.10 Å². The highest BCUT2D eigenvalue weighted by molar-refractivity contribution is 5.67. The van der Waals surface area contributed by atoms with E-state index in [0.29, 0.717) is 6.54 Å². The van der Waals surface area contributed by atoms with Gasteiger partial charge in [-0.1, -0.05) is 0 Å². The summed E-state index contributed by atoms with van der Waals surface area (Å²) in [5.41, 5.74) is 6.47. The van der Waals surface area contributed by atoms with Crippen LogP contribution in [0.2, 0.25) is 0 Å². The minimum absolute atomic E-state index is 0.0505. The van der Waals surface area contributed by atoms with Gasteiger partial charge in [0.2, 0.25) is 0 Å². The van der Waals surface area contributed by atoms with E-state index in [1.54, 1.807) is 6.20 Å². The van der Waals surface area contributed by atoms with E-state index in [1.165, 1.54) is 0 Å². The molecule has 0 saturated carbocycles. The van der Waals surface area contributed by atoms with Gasteiger partial charge in [0.05, 0.1) is 6.42 Å². The molecule has 5 nitrogen and oxygen atoms in total. The number of carboxylic acids is 1. The van der Waals surface area contributed by atoms with Gasteiger partial charge in [-0.25, -0.2) is 0 Å². The Morgan fingerprint density at radius 2 is 2.33 bits per heavy atom. The summed E-state index contributed by atoms with van der Waals surface area (Å²) in [6.07, 6.45) is 1.73. The van der Waals surface area contributed by atoms with Crippen LogP contribution in [0.1, 0.15) is 37.9 Å². The molecule has 0 spiro atoms. The molecule has 1 aromatic heterocycles. The number of rotatable bonds is 5. The van der Waals surface area contributed by atoms with Crippen LogP contribution < -0.4 is 5.73 Å². The summed E-state index contributed by atoms with van der Waals surface area (Å²) in [7, 11) is 0. The minimum Gasteiger partial charge on any atom is -0.481 e. The lowest BCUT2D eigenvalue weighted by Gasteiger charge is -2.17. The van der Waals surface area contributed by atoms with Crippen LogP contribution in [0, 0.1) is 0 Å². The van der Waals surface area contributed by atoms with E-state index in [2.05, 4.69) is 5.10 Å². The molecule has 5 heteroatoms. The second kappa shape index (κ2) is 4.93. The van der Waals surface area contributed by atoms with E-state index < -0.39 is 5.97 Å². The lowest BCUT2D eigenvalue weighted by Crippen LogP contribution is -2.20. The van der Waals surface area contributed by atoms with Gasteiger partial charge in [0.1, 0.15) is 0 Å². The van der Waals surface area contributed by atoms with Crippen LogP contribution in [0.4, 0.5) is 0 Å². The van der Waals surface area contributed by atoms with Crippen LogP contribution >= 0.6 is 0 Å². The summed E-state index contributed by atoms with van der Waals surface area (Å²) >= 11 is 0. The molecule has 0 aliphatic heterocycles. The van der Waals surface area contributed by atoms with Crippen molar-refractivity contribution in [2.45, 2.75) is 32.2 Å². The van der Waals surface area contributed by atoms with Gasteiger partial charge in [0, 0.05) is 30.4 Å². The monoisotopic (exact) mass is 211 g/mol. The van der Waals surface area contributed by atoms with E-state index in [1.807, 2.05) is 24.6 Å². The quantitative estimate of drug-likeness (QED) is 0.760. The van der Waals surface area contributed by atoms with E-state index in [0.717, 1.165) is 5.69 Å². The van der Waals surface area contributed by atoms with Crippen LogP contribution in [0.5, 0.6) is 0 Å². The Hall–Kier alpha value is -1.36. The highest BCUT2D eigenvalue weighted by Gasteiger charge is 2.18. The van der Waals surface area contributed by atoms with Crippen LogP contribution in [0.25, 0.3) is 0 Å². The predicted molar refractivity (Wildman–Crippen MR) is 56.7 cm³/mol. The lowest BCUT2D eigenvalue weighted by atomic mass is 10.0. The Bertz CT molecular complexity index is 333. The van der Waals surface area contributed by atoms with Crippen molar-refractivity contribution in [3.63, 3.8) is 0 Å². The Morgan fingerprint density at radius 3 is 2.80 bits per heavy atom. The zero-order valence-corrected chi connectivity index (χ0v) is 9.05. The number of aromatic nitrogens is 2. The molecule has 0 saturated heterocycles. The Kier molecular flexibility index (Phi) is 3.85. The van der Waals surface area contributed by atoms with Crippen LogP contribution in [-0.2, 0) is 4.79 Å². The summed E-state index contributed by atoms with van der Waals surface area (Å²) in [5, 5.41) is 12.9. The molecule has 15 heavy (non-hydrogen) atoms. The molecule has 0 fully saturated rings. The number of nitrogens with zero attached hydrogens (tertiary/aromatic N) is 2. The zero-order chi connectivity index (χ0) is 11.4. The van der Waals surface area contributed by atoms with Crippen LogP contribution in [0.15, 0.2) is 12.3 Å². The zero-order valence-electron chi connectivity index (χ0n) is 9.05. The number of carbonyl (C=O) groups is 1. The third-order valence-electron chi connectivity index (χ3n) is 2.31. The van der Waals surface area contributed by atoms with Gasteiger partial charge in [0.25, 0.3) is 0 Å². The Morgan fingerprint density at radius 1 is 1.67 bits per heavy atom. The van der Waals surface area contributed by atoms with E-state index in [9.17, 15) is 4.79 Å². The van der Waals surface area contributed by atoms with Gasteiger partial charge in [-0.05, 0) is 19.9 Å². The maximum Gasteiger partial charge on any atom is 0.304 e. The molecule has 1 rings (SSSR count). The maximum absolute atomic E-state index is 10.7. The molecular weight excluding hydrogens is 194 g/mol. The third-order valence-corrected chi connectivity index (χ3v) is 2.31. The second-order valence-electron chi connectivity index (χ2n) is 3.82. The highest BCUT2D eigenvalue weighted by atomic mass is 16.4.